The van der Waals surface area contributed by atoms with Gasteiger partial charge in [0, 0.05) is 19.1 Å². The highest BCUT2D eigenvalue weighted by Crippen LogP contribution is 2.20. The van der Waals surface area contributed by atoms with Crippen molar-refractivity contribution in [2.24, 2.45) is 0 Å². The van der Waals surface area contributed by atoms with Crippen LogP contribution in [0.25, 0.3) is 0 Å². The molecule has 1 aliphatic heterocycles. The van der Waals surface area contributed by atoms with Crippen LogP contribution in [0.15, 0.2) is 24.3 Å². The third kappa shape index (κ3) is 2.64. The van der Waals surface area contributed by atoms with Gasteiger partial charge in [-0.3, -0.25) is 4.79 Å². The summed E-state index contributed by atoms with van der Waals surface area (Å²) < 4.78 is 0. The van der Waals surface area contributed by atoms with E-state index in [0.29, 0.717) is 12.1 Å². The van der Waals surface area contributed by atoms with E-state index in [9.17, 15) is 9.90 Å². The second kappa shape index (κ2) is 5.87. The minimum absolute atomic E-state index is 0.0599. The predicted molar refractivity (Wildman–Crippen MR) is 70.7 cm³/mol. The maximum absolute atomic E-state index is 12.4. The van der Waals surface area contributed by atoms with Crippen LogP contribution in [0, 0.1) is 0 Å². The molecule has 2 rings (SSSR count). The molecule has 1 heterocycles. The molecule has 1 unspecified atom stereocenters. The van der Waals surface area contributed by atoms with Gasteiger partial charge in [0.1, 0.15) is 5.75 Å². The first-order valence-corrected chi connectivity index (χ1v) is 6.53. The van der Waals surface area contributed by atoms with Gasteiger partial charge in [0.2, 0.25) is 0 Å². The molecule has 0 aromatic heterocycles. The molecule has 18 heavy (non-hydrogen) atoms. The van der Waals surface area contributed by atoms with Crippen molar-refractivity contribution in [3.05, 3.63) is 29.8 Å². The summed E-state index contributed by atoms with van der Waals surface area (Å²) in [6.45, 7) is 4.51. The van der Waals surface area contributed by atoms with Crippen LogP contribution in [-0.2, 0) is 0 Å². The lowest BCUT2D eigenvalue weighted by Gasteiger charge is -2.34. The Balaban J connectivity index is 2.17. The Morgan fingerprint density at radius 2 is 2.28 bits per heavy atom. The molecule has 0 radical (unpaired) electrons. The van der Waals surface area contributed by atoms with Crippen molar-refractivity contribution < 1.29 is 9.90 Å². The largest absolute Gasteiger partial charge is 0.507 e. The standard InChI is InChI=1S/C14H20N2O2/c1-2-16(11-6-5-9-15-10-11)14(18)12-7-3-4-8-13(12)17/h3-4,7-8,11,15,17H,2,5-6,9-10H2,1H3. The molecule has 0 aliphatic carbocycles. The molecule has 1 atom stereocenters. The number of likely N-dealkylation sites (N-methyl/N-ethyl adjacent to an activating group) is 1. The maximum Gasteiger partial charge on any atom is 0.257 e. The van der Waals surface area contributed by atoms with Gasteiger partial charge in [0.15, 0.2) is 0 Å². The first-order chi connectivity index (χ1) is 8.74. The minimum atomic E-state index is -0.0794. The Kier molecular flexibility index (Phi) is 4.20. The van der Waals surface area contributed by atoms with E-state index >= 15 is 0 Å². The quantitative estimate of drug-likeness (QED) is 0.854. The highest BCUT2D eigenvalue weighted by atomic mass is 16.3. The highest BCUT2D eigenvalue weighted by Gasteiger charge is 2.26. The van der Waals surface area contributed by atoms with E-state index in [1.54, 1.807) is 24.3 Å². The molecule has 0 spiro atoms. The summed E-state index contributed by atoms with van der Waals surface area (Å²) in [6, 6.07) is 6.97. The number of carbonyl (C=O) groups is 1. The molecule has 1 fully saturated rings. The predicted octanol–water partition coefficient (Wildman–Crippen LogP) is 1.61. The Morgan fingerprint density at radius 1 is 1.50 bits per heavy atom. The number of rotatable bonds is 3. The normalized spacial score (nSPS) is 19.5. The Labute approximate surface area is 108 Å². The van der Waals surface area contributed by atoms with Gasteiger partial charge in [0.05, 0.1) is 5.56 Å². The first kappa shape index (κ1) is 12.9. The smallest absolute Gasteiger partial charge is 0.257 e. The summed E-state index contributed by atoms with van der Waals surface area (Å²) in [4.78, 5) is 14.3. The molecule has 1 amide bonds. The monoisotopic (exact) mass is 248 g/mol. The zero-order valence-electron chi connectivity index (χ0n) is 10.7. The van der Waals surface area contributed by atoms with Crippen LogP contribution in [0.1, 0.15) is 30.1 Å². The highest BCUT2D eigenvalue weighted by molar-refractivity contribution is 5.97. The van der Waals surface area contributed by atoms with E-state index in [1.165, 1.54) is 0 Å². The molecule has 1 aliphatic rings. The van der Waals surface area contributed by atoms with Crippen LogP contribution in [0.5, 0.6) is 5.75 Å². The number of phenols is 1. The zero-order valence-corrected chi connectivity index (χ0v) is 10.7. The van der Waals surface area contributed by atoms with Crippen LogP contribution < -0.4 is 5.32 Å². The van der Waals surface area contributed by atoms with E-state index in [2.05, 4.69) is 5.32 Å². The average Bonchev–Trinajstić information content (AvgIpc) is 2.41. The summed E-state index contributed by atoms with van der Waals surface area (Å²) in [5.74, 6) is -0.0194. The molecule has 0 bridgehead atoms. The number of phenolic OH excluding ortho intramolecular Hbond substituents is 1. The molecule has 2 N–H and O–H groups in total. The second-order valence-corrected chi connectivity index (χ2v) is 4.61. The number of nitrogens with one attached hydrogen (secondary N) is 1. The summed E-state index contributed by atoms with van der Waals surface area (Å²) >= 11 is 0. The van der Waals surface area contributed by atoms with E-state index in [1.807, 2.05) is 11.8 Å². The number of nitrogens with zero attached hydrogens (tertiary/aromatic N) is 1. The van der Waals surface area contributed by atoms with E-state index in [4.69, 9.17) is 0 Å². The maximum atomic E-state index is 12.4. The molecule has 0 saturated carbocycles. The fourth-order valence-electron chi connectivity index (χ4n) is 2.48. The Bertz CT molecular complexity index is 414. The van der Waals surface area contributed by atoms with Crippen LogP contribution >= 0.6 is 0 Å². The van der Waals surface area contributed by atoms with E-state index in [-0.39, 0.29) is 17.7 Å². The summed E-state index contributed by atoms with van der Waals surface area (Å²) in [5.41, 5.74) is 0.393. The van der Waals surface area contributed by atoms with Crippen molar-refractivity contribution in [3.8, 4) is 5.75 Å². The van der Waals surface area contributed by atoms with Gasteiger partial charge in [-0.05, 0) is 38.4 Å². The molecule has 1 aromatic carbocycles. The number of carbonyl (C=O) groups excluding carboxylic acids is 1. The lowest BCUT2D eigenvalue weighted by molar-refractivity contribution is 0.0659. The number of benzene rings is 1. The fourth-order valence-corrected chi connectivity index (χ4v) is 2.48. The van der Waals surface area contributed by atoms with Crippen molar-refractivity contribution in [1.82, 2.24) is 10.2 Å². The van der Waals surface area contributed by atoms with Gasteiger partial charge in [-0.15, -0.1) is 0 Å². The summed E-state index contributed by atoms with van der Waals surface area (Å²) in [6.07, 6.45) is 2.12. The number of hydrogen-bond donors (Lipinski definition) is 2. The van der Waals surface area contributed by atoms with Crippen molar-refractivity contribution in [2.75, 3.05) is 19.6 Å². The van der Waals surface area contributed by atoms with Crippen molar-refractivity contribution >= 4 is 5.91 Å². The molecule has 1 saturated heterocycles. The van der Waals surface area contributed by atoms with Crippen molar-refractivity contribution in [3.63, 3.8) is 0 Å². The third-order valence-electron chi connectivity index (χ3n) is 3.45. The topological polar surface area (TPSA) is 52.6 Å². The van der Waals surface area contributed by atoms with Gasteiger partial charge in [-0.1, -0.05) is 12.1 Å². The van der Waals surface area contributed by atoms with Crippen molar-refractivity contribution in [2.45, 2.75) is 25.8 Å². The zero-order chi connectivity index (χ0) is 13.0. The molecule has 1 aromatic rings. The van der Waals surface area contributed by atoms with Gasteiger partial charge in [-0.2, -0.15) is 0 Å². The third-order valence-corrected chi connectivity index (χ3v) is 3.45. The van der Waals surface area contributed by atoms with Gasteiger partial charge in [-0.25, -0.2) is 0 Å². The van der Waals surface area contributed by atoms with Crippen LogP contribution in [0.2, 0.25) is 0 Å². The molecule has 4 heteroatoms. The van der Waals surface area contributed by atoms with Gasteiger partial charge >= 0.3 is 0 Å². The lowest BCUT2D eigenvalue weighted by atomic mass is 10.0. The van der Waals surface area contributed by atoms with E-state index < -0.39 is 0 Å². The molecular weight excluding hydrogens is 228 g/mol. The average molecular weight is 248 g/mol. The molecular formula is C14H20N2O2. The van der Waals surface area contributed by atoms with Crippen molar-refractivity contribution in [1.29, 1.82) is 0 Å². The summed E-state index contributed by atoms with van der Waals surface area (Å²) in [5, 5.41) is 13.1. The van der Waals surface area contributed by atoms with Gasteiger partial charge in [0.25, 0.3) is 5.91 Å². The van der Waals surface area contributed by atoms with Crippen LogP contribution in [-0.4, -0.2) is 41.6 Å². The number of hydrogen-bond acceptors (Lipinski definition) is 3. The molecule has 4 nitrogen and oxygen atoms in total. The number of aromatic hydroxyl groups is 1. The van der Waals surface area contributed by atoms with Crippen LogP contribution in [0.3, 0.4) is 0 Å². The SMILES string of the molecule is CCN(C(=O)c1ccccc1O)C1CCCNC1. The van der Waals surface area contributed by atoms with E-state index in [0.717, 1.165) is 25.9 Å². The Morgan fingerprint density at radius 3 is 2.89 bits per heavy atom. The lowest BCUT2D eigenvalue weighted by Crippen LogP contribution is -2.48. The van der Waals surface area contributed by atoms with Gasteiger partial charge < -0.3 is 15.3 Å². The minimum Gasteiger partial charge on any atom is -0.507 e. The number of piperidine rings is 1. The Hall–Kier alpha value is -1.55. The number of amides is 1. The molecule has 98 valence electrons. The van der Waals surface area contributed by atoms with Crippen LogP contribution in [0.4, 0.5) is 0 Å². The second-order valence-electron chi connectivity index (χ2n) is 4.61. The number of para-hydroxylation sites is 1. The first-order valence-electron chi connectivity index (χ1n) is 6.53. The fraction of sp³-hybridized carbons (Fsp3) is 0.500. The summed E-state index contributed by atoms with van der Waals surface area (Å²) in [7, 11) is 0.